The number of carbonyl (C=O) groups is 1. The molecular weight excluding hydrogens is 390 g/mol. The number of anilines is 1. The Morgan fingerprint density at radius 2 is 1.90 bits per heavy atom. The highest BCUT2D eigenvalue weighted by Gasteiger charge is 2.20. The molecule has 2 heterocycles. The number of likely N-dealkylation sites (N-methyl/N-ethyl adjacent to an activating group) is 2. The van der Waals surface area contributed by atoms with Crippen molar-refractivity contribution in [3.63, 3.8) is 0 Å². The average Bonchev–Trinajstić information content (AvgIpc) is 3.28. The van der Waals surface area contributed by atoms with E-state index in [2.05, 4.69) is 15.2 Å². The van der Waals surface area contributed by atoms with Crippen LogP contribution in [0.4, 0.5) is 5.82 Å². The topological polar surface area (TPSA) is 90.9 Å². The number of carbonyl (C=O) groups excluding carboxylic acids is 1. The van der Waals surface area contributed by atoms with E-state index in [1.807, 2.05) is 43.1 Å². The van der Waals surface area contributed by atoms with Gasteiger partial charge in [-0.3, -0.25) is 4.79 Å². The lowest BCUT2D eigenvalue weighted by Gasteiger charge is -2.26. The predicted octanol–water partition coefficient (Wildman–Crippen LogP) is 2.79. The number of halogens is 1. The van der Waals surface area contributed by atoms with Crippen LogP contribution in [0.5, 0.6) is 0 Å². The fraction of sp³-hybridized carbons (Fsp3) is 0.250. The zero-order valence-corrected chi connectivity index (χ0v) is 16.9. The minimum Gasteiger partial charge on any atom is -0.357 e. The van der Waals surface area contributed by atoms with E-state index < -0.39 is 0 Å². The van der Waals surface area contributed by atoms with Crippen LogP contribution in [0, 0.1) is 11.3 Å². The fourth-order valence-corrected chi connectivity index (χ4v) is 3.20. The van der Waals surface area contributed by atoms with Crippen molar-refractivity contribution in [2.75, 3.05) is 31.6 Å². The number of benzene rings is 1. The molecule has 3 aromatic rings. The van der Waals surface area contributed by atoms with Crippen LogP contribution in [0.1, 0.15) is 22.8 Å². The second-order valence-corrected chi connectivity index (χ2v) is 6.63. The van der Waals surface area contributed by atoms with Gasteiger partial charge in [-0.15, -0.1) is 0 Å². The minimum atomic E-state index is -0.112. The van der Waals surface area contributed by atoms with Gasteiger partial charge in [0.15, 0.2) is 0 Å². The maximum Gasteiger partial charge on any atom is 0.256 e. The summed E-state index contributed by atoms with van der Waals surface area (Å²) in [5.74, 6) is 0.397. The van der Waals surface area contributed by atoms with Crippen molar-refractivity contribution in [1.82, 2.24) is 24.9 Å². The number of rotatable bonds is 7. The zero-order chi connectivity index (χ0) is 20.8. The molecule has 0 bridgehead atoms. The number of aromatic nitrogens is 4. The van der Waals surface area contributed by atoms with Gasteiger partial charge in [-0.1, -0.05) is 23.7 Å². The monoisotopic (exact) mass is 409 g/mol. The molecule has 0 saturated heterocycles. The summed E-state index contributed by atoms with van der Waals surface area (Å²) >= 11 is 6.27. The molecule has 3 rings (SSSR count). The molecule has 29 heavy (non-hydrogen) atoms. The quantitative estimate of drug-likeness (QED) is 0.596. The van der Waals surface area contributed by atoms with Gasteiger partial charge in [-0.2, -0.15) is 20.3 Å². The number of hydrogen-bond acceptors (Lipinski definition) is 6. The summed E-state index contributed by atoms with van der Waals surface area (Å²) in [6.45, 7) is 3.42. The fourth-order valence-electron chi connectivity index (χ4n) is 2.90. The Morgan fingerprint density at radius 1 is 1.17 bits per heavy atom. The smallest absolute Gasteiger partial charge is 0.256 e. The van der Waals surface area contributed by atoms with Gasteiger partial charge in [0.1, 0.15) is 16.9 Å². The van der Waals surface area contributed by atoms with Crippen molar-refractivity contribution < 1.29 is 4.79 Å². The maximum absolute atomic E-state index is 13.2. The third-order valence-electron chi connectivity index (χ3n) is 4.50. The Balaban J connectivity index is 1.76. The van der Waals surface area contributed by atoms with Crippen LogP contribution in [0.3, 0.4) is 0 Å². The Morgan fingerprint density at radius 3 is 2.59 bits per heavy atom. The Labute approximate surface area is 173 Å². The summed E-state index contributed by atoms with van der Waals surface area (Å²) in [6, 6.07) is 10.9. The van der Waals surface area contributed by atoms with Crippen molar-refractivity contribution >= 4 is 23.3 Å². The third kappa shape index (κ3) is 4.36. The van der Waals surface area contributed by atoms with E-state index in [-0.39, 0.29) is 5.91 Å². The van der Waals surface area contributed by atoms with Crippen LogP contribution < -0.4 is 4.90 Å². The van der Waals surface area contributed by atoms with Crippen molar-refractivity contribution in [2.45, 2.75) is 6.92 Å². The summed E-state index contributed by atoms with van der Waals surface area (Å²) in [5, 5.41) is 17.7. The normalized spacial score (nSPS) is 10.4. The first-order chi connectivity index (χ1) is 14.1. The SMILES string of the molecule is CCN(CCN(C)c1nccc(C#N)c1Cl)C(=O)c1ccccc1-n1nccn1. The summed E-state index contributed by atoms with van der Waals surface area (Å²) in [4.78, 5) is 22.4. The second kappa shape index (κ2) is 9.17. The predicted molar refractivity (Wildman–Crippen MR) is 110 cm³/mol. The van der Waals surface area contributed by atoms with E-state index in [9.17, 15) is 4.79 Å². The number of nitriles is 1. The molecule has 0 atom stereocenters. The highest BCUT2D eigenvalue weighted by Crippen LogP contribution is 2.25. The standard InChI is InChI=1S/C20H20ClN7O/c1-3-27(13-12-26(2)19-18(21)15(14-22)8-9-23-19)20(29)16-6-4-5-7-17(16)28-24-10-11-25-28/h4-11H,3,12-13H2,1-2H3. The minimum absolute atomic E-state index is 0.112. The van der Waals surface area contributed by atoms with E-state index in [4.69, 9.17) is 16.9 Å². The van der Waals surface area contributed by atoms with E-state index in [1.54, 1.807) is 35.6 Å². The molecule has 0 spiro atoms. The van der Waals surface area contributed by atoms with Gasteiger partial charge in [-0.25, -0.2) is 4.98 Å². The van der Waals surface area contributed by atoms with Crippen LogP contribution in [0.2, 0.25) is 5.02 Å². The van der Waals surface area contributed by atoms with Gasteiger partial charge < -0.3 is 9.80 Å². The van der Waals surface area contributed by atoms with Crippen LogP contribution in [0.25, 0.3) is 5.69 Å². The number of para-hydroxylation sites is 1. The summed E-state index contributed by atoms with van der Waals surface area (Å²) < 4.78 is 0. The molecule has 0 N–H and O–H groups in total. The van der Waals surface area contributed by atoms with Gasteiger partial charge >= 0.3 is 0 Å². The molecule has 0 aliphatic heterocycles. The maximum atomic E-state index is 13.2. The lowest BCUT2D eigenvalue weighted by Crippen LogP contribution is -2.38. The molecule has 9 heteroatoms. The molecule has 1 aromatic carbocycles. The third-order valence-corrected chi connectivity index (χ3v) is 4.87. The first-order valence-electron chi connectivity index (χ1n) is 9.07. The molecule has 8 nitrogen and oxygen atoms in total. The van der Waals surface area contributed by atoms with E-state index in [0.29, 0.717) is 47.3 Å². The summed E-state index contributed by atoms with van der Waals surface area (Å²) in [7, 11) is 1.83. The summed E-state index contributed by atoms with van der Waals surface area (Å²) in [6.07, 6.45) is 4.69. The Bertz CT molecular complexity index is 1030. The number of hydrogen-bond donors (Lipinski definition) is 0. The number of pyridine rings is 1. The molecule has 0 aliphatic carbocycles. The lowest BCUT2D eigenvalue weighted by molar-refractivity contribution is 0.0768. The number of nitrogens with zero attached hydrogens (tertiary/aromatic N) is 7. The molecule has 0 fully saturated rings. The summed E-state index contributed by atoms with van der Waals surface area (Å²) in [5.41, 5.74) is 1.52. The largest absolute Gasteiger partial charge is 0.357 e. The molecule has 2 aromatic heterocycles. The van der Waals surface area contributed by atoms with Gasteiger partial charge in [0.25, 0.3) is 5.91 Å². The average molecular weight is 410 g/mol. The van der Waals surface area contributed by atoms with Gasteiger partial charge in [0, 0.05) is 32.9 Å². The zero-order valence-electron chi connectivity index (χ0n) is 16.2. The van der Waals surface area contributed by atoms with Crippen LogP contribution in [0.15, 0.2) is 48.9 Å². The van der Waals surface area contributed by atoms with Gasteiger partial charge in [0.05, 0.1) is 29.2 Å². The van der Waals surface area contributed by atoms with Gasteiger partial charge in [-0.05, 0) is 25.1 Å². The molecule has 1 amide bonds. The highest BCUT2D eigenvalue weighted by atomic mass is 35.5. The first kappa shape index (κ1) is 20.3. The van der Waals surface area contributed by atoms with Crippen LogP contribution in [-0.4, -0.2) is 57.5 Å². The highest BCUT2D eigenvalue weighted by molar-refractivity contribution is 6.34. The molecular formula is C20H20ClN7O. The van der Waals surface area contributed by atoms with Crippen molar-refractivity contribution in [1.29, 1.82) is 5.26 Å². The molecule has 148 valence electrons. The second-order valence-electron chi connectivity index (χ2n) is 6.25. The van der Waals surface area contributed by atoms with Crippen LogP contribution >= 0.6 is 11.6 Å². The Kier molecular flexibility index (Phi) is 6.42. The first-order valence-corrected chi connectivity index (χ1v) is 9.45. The molecule has 0 radical (unpaired) electrons. The Hall–Kier alpha value is -3.44. The van der Waals surface area contributed by atoms with Crippen molar-refractivity contribution in [3.05, 3.63) is 65.1 Å². The van der Waals surface area contributed by atoms with Crippen molar-refractivity contribution in [2.24, 2.45) is 0 Å². The van der Waals surface area contributed by atoms with Crippen molar-refractivity contribution in [3.8, 4) is 11.8 Å². The van der Waals surface area contributed by atoms with E-state index >= 15 is 0 Å². The molecule has 0 saturated carbocycles. The molecule has 0 unspecified atom stereocenters. The van der Waals surface area contributed by atoms with Crippen LogP contribution in [-0.2, 0) is 0 Å². The molecule has 0 aliphatic rings. The van der Waals surface area contributed by atoms with Gasteiger partial charge in [0.2, 0.25) is 0 Å². The van der Waals surface area contributed by atoms with E-state index in [0.717, 1.165) is 0 Å². The lowest BCUT2D eigenvalue weighted by atomic mass is 10.1. The number of amides is 1. The van der Waals surface area contributed by atoms with E-state index in [1.165, 1.54) is 4.80 Å².